The van der Waals surface area contributed by atoms with E-state index in [9.17, 15) is 0 Å². The van der Waals surface area contributed by atoms with Gasteiger partial charge in [-0.05, 0) is 37.8 Å². The quantitative estimate of drug-likeness (QED) is 0.677. The average Bonchev–Trinajstić information content (AvgIpc) is 2.62. The van der Waals surface area contributed by atoms with Gasteiger partial charge in [-0.2, -0.15) is 0 Å². The first kappa shape index (κ1) is 15.1. The highest BCUT2D eigenvalue weighted by molar-refractivity contribution is 5.91. The van der Waals surface area contributed by atoms with Crippen LogP contribution < -0.4 is 4.90 Å². The molecule has 1 aliphatic heterocycles. The highest BCUT2D eigenvalue weighted by Crippen LogP contribution is 2.30. The van der Waals surface area contributed by atoms with Gasteiger partial charge in [0.25, 0.3) is 0 Å². The van der Waals surface area contributed by atoms with Crippen LogP contribution in [0.2, 0.25) is 0 Å². The van der Waals surface area contributed by atoms with Gasteiger partial charge in [-0.1, -0.05) is 48.9 Å². The summed E-state index contributed by atoms with van der Waals surface area (Å²) in [6, 6.07) is 16.8. The van der Waals surface area contributed by atoms with E-state index in [0.717, 1.165) is 47.1 Å². The maximum atomic E-state index is 4.96. The van der Waals surface area contributed by atoms with Gasteiger partial charge in [0.2, 0.25) is 0 Å². The molecule has 24 heavy (non-hydrogen) atoms. The van der Waals surface area contributed by atoms with Gasteiger partial charge in [-0.3, -0.25) is 0 Å². The maximum absolute atomic E-state index is 4.96. The molecular formula is C21H23N3. The molecule has 3 heteroatoms. The second-order valence-corrected chi connectivity index (χ2v) is 6.92. The molecule has 1 fully saturated rings. The van der Waals surface area contributed by atoms with E-state index in [0.29, 0.717) is 0 Å². The molecular weight excluding hydrogens is 294 g/mol. The molecule has 0 bridgehead atoms. The third-order valence-corrected chi connectivity index (χ3v) is 4.98. The predicted molar refractivity (Wildman–Crippen MR) is 100 cm³/mol. The first-order chi connectivity index (χ1) is 11.7. The molecule has 0 N–H and O–H groups in total. The Hall–Kier alpha value is -2.42. The van der Waals surface area contributed by atoms with Crippen molar-refractivity contribution in [1.82, 2.24) is 9.97 Å². The smallest absolute Gasteiger partial charge is 0.162 e. The van der Waals surface area contributed by atoms with Crippen molar-refractivity contribution in [3.63, 3.8) is 0 Å². The van der Waals surface area contributed by atoms with Gasteiger partial charge in [0.05, 0.1) is 5.52 Å². The highest BCUT2D eigenvalue weighted by Gasteiger charge is 2.20. The summed E-state index contributed by atoms with van der Waals surface area (Å²) >= 11 is 0. The largest absolute Gasteiger partial charge is 0.356 e. The fraction of sp³-hybridized carbons (Fsp3) is 0.333. The highest BCUT2D eigenvalue weighted by atomic mass is 15.2. The first-order valence-electron chi connectivity index (χ1n) is 8.79. The zero-order chi connectivity index (χ0) is 16.5. The minimum Gasteiger partial charge on any atom is -0.356 e. The minimum absolute atomic E-state index is 0.811. The van der Waals surface area contributed by atoms with E-state index in [-0.39, 0.29) is 0 Å². The maximum Gasteiger partial charge on any atom is 0.162 e. The van der Waals surface area contributed by atoms with Crippen molar-refractivity contribution in [2.75, 3.05) is 18.0 Å². The van der Waals surface area contributed by atoms with Crippen LogP contribution in [0.3, 0.4) is 0 Å². The number of aryl methyl sites for hydroxylation is 1. The number of hydrogen-bond donors (Lipinski definition) is 0. The Balaban J connectivity index is 1.83. The Labute approximate surface area is 143 Å². The Morgan fingerprint density at radius 2 is 1.62 bits per heavy atom. The Bertz CT molecular complexity index is 847. The van der Waals surface area contributed by atoms with E-state index >= 15 is 0 Å². The second-order valence-electron chi connectivity index (χ2n) is 6.92. The summed E-state index contributed by atoms with van der Waals surface area (Å²) < 4.78 is 0. The SMILES string of the molecule is Cc1ccc(-c2nc(N3CCC(C)CC3)c3ccccc3n2)cc1. The lowest BCUT2D eigenvalue weighted by molar-refractivity contribution is 0.437. The van der Waals surface area contributed by atoms with Crippen molar-refractivity contribution in [2.24, 2.45) is 5.92 Å². The summed E-state index contributed by atoms with van der Waals surface area (Å²) in [6.07, 6.45) is 2.47. The van der Waals surface area contributed by atoms with Gasteiger partial charge < -0.3 is 4.90 Å². The second kappa shape index (κ2) is 6.23. The molecule has 2 heterocycles. The number of benzene rings is 2. The van der Waals surface area contributed by atoms with Crippen molar-refractivity contribution in [2.45, 2.75) is 26.7 Å². The molecule has 1 aromatic heterocycles. The molecule has 122 valence electrons. The number of para-hydroxylation sites is 1. The number of rotatable bonds is 2. The number of nitrogens with zero attached hydrogens (tertiary/aromatic N) is 3. The van der Waals surface area contributed by atoms with Crippen molar-refractivity contribution in [1.29, 1.82) is 0 Å². The molecule has 2 aromatic carbocycles. The lowest BCUT2D eigenvalue weighted by atomic mass is 9.99. The van der Waals surface area contributed by atoms with Crippen molar-refractivity contribution in [3.05, 3.63) is 54.1 Å². The van der Waals surface area contributed by atoms with Gasteiger partial charge in [0.15, 0.2) is 5.82 Å². The minimum atomic E-state index is 0.811. The van der Waals surface area contributed by atoms with Crippen LogP contribution in [0, 0.1) is 12.8 Å². The fourth-order valence-electron chi connectivity index (χ4n) is 3.35. The Morgan fingerprint density at radius 3 is 2.38 bits per heavy atom. The monoisotopic (exact) mass is 317 g/mol. The number of piperidine rings is 1. The van der Waals surface area contributed by atoms with E-state index in [4.69, 9.17) is 9.97 Å². The molecule has 3 nitrogen and oxygen atoms in total. The summed E-state index contributed by atoms with van der Waals surface area (Å²) in [5.74, 6) is 2.72. The molecule has 0 atom stereocenters. The van der Waals surface area contributed by atoms with Crippen LogP contribution in [0.5, 0.6) is 0 Å². The zero-order valence-corrected chi connectivity index (χ0v) is 14.4. The van der Waals surface area contributed by atoms with Gasteiger partial charge in [-0.15, -0.1) is 0 Å². The Kier molecular flexibility index (Phi) is 3.93. The molecule has 0 aliphatic carbocycles. The van der Waals surface area contributed by atoms with Crippen LogP contribution in [-0.2, 0) is 0 Å². The third kappa shape index (κ3) is 2.86. The van der Waals surface area contributed by atoms with Crippen LogP contribution in [0.1, 0.15) is 25.3 Å². The lowest BCUT2D eigenvalue weighted by Gasteiger charge is -2.32. The molecule has 0 unspecified atom stereocenters. The van der Waals surface area contributed by atoms with Crippen LogP contribution in [0.4, 0.5) is 5.82 Å². The van der Waals surface area contributed by atoms with Crippen LogP contribution in [0.15, 0.2) is 48.5 Å². The van der Waals surface area contributed by atoms with E-state index in [1.807, 2.05) is 0 Å². The lowest BCUT2D eigenvalue weighted by Crippen LogP contribution is -2.33. The zero-order valence-electron chi connectivity index (χ0n) is 14.4. The van der Waals surface area contributed by atoms with E-state index in [1.165, 1.54) is 18.4 Å². The fourth-order valence-corrected chi connectivity index (χ4v) is 3.35. The summed E-state index contributed by atoms with van der Waals surface area (Å²) in [7, 11) is 0. The molecule has 4 rings (SSSR count). The summed E-state index contributed by atoms with van der Waals surface area (Å²) in [5, 5.41) is 1.16. The predicted octanol–water partition coefficient (Wildman–Crippen LogP) is 4.84. The van der Waals surface area contributed by atoms with E-state index < -0.39 is 0 Å². The standard InChI is InChI=1S/C21H23N3/c1-15-7-9-17(10-8-15)20-22-19-6-4-3-5-18(19)21(23-20)24-13-11-16(2)12-14-24/h3-10,16H,11-14H2,1-2H3. The van der Waals surface area contributed by atoms with Crippen LogP contribution in [0.25, 0.3) is 22.3 Å². The summed E-state index contributed by atoms with van der Waals surface area (Å²) in [5.41, 5.74) is 3.36. The van der Waals surface area contributed by atoms with Gasteiger partial charge in [0, 0.05) is 24.0 Å². The van der Waals surface area contributed by atoms with Gasteiger partial charge in [0.1, 0.15) is 5.82 Å². The van der Waals surface area contributed by atoms with E-state index in [2.05, 4.69) is 67.3 Å². The van der Waals surface area contributed by atoms with Gasteiger partial charge >= 0.3 is 0 Å². The summed E-state index contributed by atoms with van der Waals surface area (Å²) in [4.78, 5) is 12.2. The van der Waals surface area contributed by atoms with Gasteiger partial charge in [-0.25, -0.2) is 9.97 Å². The third-order valence-electron chi connectivity index (χ3n) is 4.98. The Morgan fingerprint density at radius 1 is 0.917 bits per heavy atom. The number of hydrogen-bond acceptors (Lipinski definition) is 3. The van der Waals surface area contributed by atoms with Crippen LogP contribution >= 0.6 is 0 Å². The number of aromatic nitrogens is 2. The molecule has 3 aromatic rings. The molecule has 0 amide bonds. The summed E-state index contributed by atoms with van der Waals surface area (Å²) in [6.45, 7) is 6.60. The molecule has 1 saturated heterocycles. The first-order valence-corrected chi connectivity index (χ1v) is 8.79. The molecule has 1 aliphatic rings. The molecule has 0 spiro atoms. The topological polar surface area (TPSA) is 29.0 Å². The molecule has 0 saturated carbocycles. The number of anilines is 1. The molecule has 0 radical (unpaired) electrons. The normalized spacial score (nSPS) is 15.8. The van der Waals surface area contributed by atoms with E-state index in [1.54, 1.807) is 0 Å². The number of fused-ring (bicyclic) bond motifs is 1. The average molecular weight is 317 g/mol. The van der Waals surface area contributed by atoms with Crippen LogP contribution in [-0.4, -0.2) is 23.1 Å². The van der Waals surface area contributed by atoms with Crippen molar-refractivity contribution < 1.29 is 0 Å². The van der Waals surface area contributed by atoms with Crippen molar-refractivity contribution >= 4 is 16.7 Å². The van der Waals surface area contributed by atoms with Crippen molar-refractivity contribution in [3.8, 4) is 11.4 Å².